The highest BCUT2D eigenvalue weighted by Crippen LogP contribution is 2.28. The molecule has 0 aliphatic carbocycles. The van der Waals surface area contributed by atoms with Gasteiger partial charge in [0.1, 0.15) is 11.4 Å². The van der Waals surface area contributed by atoms with Crippen molar-refractivity contribution >= 4 is 35.0 Å². The van der Waals surface area contributed by atoms with Gasteiger partial charge in [0.15, 0.2) is 5.78 Å². The van der Waals surface area contributed by atoms with Crippen LogP contribution in [-0.4, -0.2) is 30.4 Å². The summed E-state index contributed by atoms with van der Waals surface area (Å²) in [7, 11) is 2.68. The summed E-state index contributed by atoms with van der Waals surface area (Å²) in [6, 6.07) is 6.85. The first-order valence-corrected chi connectivity index (χ1v) is 9.32. The molecule has 0 saturated carbocycles. The lowest BCUT2D eigenvalue weighted by Gasteiger charge is -2.13. The second-order valence-electron chi connectivity index (χ2n) is 5.97. The molecule has 0 spiro atoms. The van der Waals surface area contributed by atoms with E-state index in [4.69, 9.17) is 21.8 Å². The third-order valence-corrected chi connectivity index (χ3v) is 5.29. The van der Waals surface area contributed by atoms with Gasteiger partial charge in [-0.15, -0.1) is 10.2 Å². The Labute approximate surface area is 168 Å². The van der Waals surface area contributed by atoms with Crippen LogP contribution < -0.4 is 17.0 Å². The molecule has 0 bridgehead atoms. The van der Waals surface area contributed by atoms with Gasteiger partial charge in [0.05, 0.1) is 5.25 Å². The van der Waals surface area contributed by atoms with Crippen LogP contribution in [0.4, 0.5) is 5.82 Å². The van der Waals surface area contributed by atoms with Crippen LogP contribution in [0.25, 0.3) is 11.5 Å². The van der Waals surface area contributed by atoms with Crippen LogP contribution in [0.1, 0.15) is 17.3 Å². The summed E-state index contributed by atoms with van der Waals surface area (Å²) in [4.78, 5) is 37.0. The van der Waals surface area contributed by atoms with Crippen molar-refractivity contribution in [2.45, 2.75) is 17.4 Å². The lowest BCUT2D eigenvalue weighted by molar-refractivity contribution is 0.0991. The van der Waals surface area contributed by atoms with E-state index in [2.05, 4.69) is 10.2 Å². The summed E-state index contributed by atoms with van der Waals surface area (Å²) in [5, 5.41) is 7.86. The molecule has 1 aromatic carbocycles. The van der Waals surface area contributed by atoms with Gasteiger partial charge >= 0.3 is 5.69 Å². The molecule has 28 heavy (non-hydrogen) atoms. The van der Waals surface area contributed by atoms with Crippen molar-refractivity contribution in [2.24, 2.45) is 14.1 Å². The molecule has 146 valence electrons. The summed E-state index contributed by atoms with van der Waals surface area (Å²) < 4.78 is 7.46. The lowest BCUT2D eigenvalue weighted by Crippen LogP contribution is -2.42. The van der Waals surface area contributed by atoms with Crippen LogP contribution in [0.5, 0.6) is 0 Å². The number of hydrogen-bond donors (Lipinski definition) is 1. The summed E-state index contributed by atoms with van der Waals surface area (Å²) in [5.74, 6) is -0.445. The molecule has 0 amide bonds. The predicted octanol–water partition coefficient (Wildman–Crippen LogP) is 1.73. The number of nitrogens with two attached hydrogens (primary N) is 1. The van der Waals surface area contributed by atoms with Gasteiger partial charge in [0.25, 0.3) is 10.8 Å². The number of Topliss-reactive ketones (excluding diaryl/α,β-unsaturated/α-hetero) is 1. The van der Waals surface area contributed by atoms with Gasteiger partial charge < -0.3 is 10.2 Å². The summed E-state index contributed by atoms with van der Waals surface area (Å²) in [6.07, 6.45) is 0. The molecule has 2 N–H and O–H groups in total. The van der Waals surface area contributed by atoms with Crippen LogP contribution in [0.3, 0.4) is 0 Å². The molecule has 0 aliphatic heterocycles. The lowest BCUT2D eigenvalue weighted by atomic mass is 10.1. The molecule has 1 unspecified atom stereocenters. The number of rotatable bonds is 5. The molecular weight excluding hydrogens is 406 g/mol. The SMILES string of the molecule is CC(Sc1nnc(-c2ccc(Cl)cc2)o1)C(=O)c1c(N)n(C)c(=O)n(C)c1=O. The van der Waals surface area contributed by atoms with Crippen molar-refractivity contribution in [3.05, 3.63) is 55.7 Å². The van der Waals surface area contributed by atoms with E-state index in [-0.39, 0.29) is 22.5 Å². The molecule has 0 aliphatic rings. The predicted molar refractivity (Wildman–Crippen MR) is 106 cm³/mol. The molecule has 0 saturated heterocycles. The number of nitrogens with zero attached hydrogens (tertiary/aromatic N) is 4. The average Bonchev–Trinajstić information content (AvgIpc) is 3.13. The molecule has 3 rings (SSSR count). The van der Waals surface area contributed by atoms with Gasteiger partial charge in [-0.2, -0.15) is 0 Å². The third kappa shape index (κ3) is 3.60. The highest BCUT2D eigenvalue weighted by atomic mass is 35.5. The number of hydrogen-bond acceptors (Lipinski definition) is 8. The molecule has 2 aromatic heterocycles. The number of benzene rings is 1. The van der Waals surface area contributed by atoms with Gasteiger partial charge in [-0.25, -0.2) is 4.79 Å². The number of thioether (sulfide) groups is 1. The smallest absolute Gasteiger partial charge is 0.332 e. The van der Waals surface area contributed by atoms with Crippen LogP contribution in [0, 0.1) is 0 Å². The van der Waals surface area contributed by atoms with Gasteiger partial charge in [-0.05, 0) is 31.2 Å². The van der Waals surface area contributed by atoms with Crippen LogP contribution in [0.2, 0.25) is 5.02 Å². The average molecular weight is 422 g/mol. The Morgan fingerprint density at radius 1 is 1.18 bits per heavy atom. The van der Waals surface area contributed by atoms with E-state index in [1.807, 2.05) is 0 Å². The van der Waals surface area contributed by atoms with E-state index in [1.54, 1.807) is 31.2 Å². The number of ketones is 1. The zero-order valence-electron chi connectivity index (χ0n) is 15.2. The van der Waals surface area contributed by atoms with E-state index < -0.39 is 22.3 Å². The fourth-order valence-electron chi connectivity index (χ4n) is 2.47. The fourth-order valence-corrected chi connectivity index (χ4v) is 3.33. The number of carbonyl (C=O) groups is 1. The zero-order chi connectivity index (χ0) is 20.6. The first-order valence-electron chi connectivity index (χ1n) is 8.06. The molecule has 0 radical (unpaired) electrons. The minimum atomic E-state index is -0.745. The minimum Gasteiger partial charge on any atom is -0.411 e. The number of carbonyl (C=O) groups excluding carboxylic acids is 1. The third-order valence-electron chi connectivity index (χ3n) is 4.10. The molecule has 11 heteroatoms. The number of halogens is 1. The largest absolute Gasteiger partial charge is 0.411 e. The monoisotopic (exact) mass is 421 g/mol. The maximum absolute atomic E-state index is 12.8. The molecule has 1 atom stereocenters. The van der Waals surface area contributed by atoms with Gasteiger partial charge in [-0.1, -0.05) is 23.4 Å². The number of anilines is 1. The van der Waals surface area contributed by atoms with Gasteiger partial charge in [-0.3, -0.25) is 18.7 Å². The highest BCUT2D eigenvalue weighted by molar-refractivity contribution is 8.00. The quantitative estimate of drug-likeness (QED) is 0.487. The normalized spacial score (nSPS) is 12.1. The highest BCUT2D eigenvalue weighted by Gasteiger charge is 2.27. The van der Waals surface area contributed by atoms with E-state index in [1.165, 1.54) is 14.1 Å². The molecule has 3 aromatic rings. The maximum Gasteiger partial charge on any atom is 0.332 e. The molecule has 9 nitrogen and oxygen atoms in total. The van der Waals surface area contributed by atoms with Crippen molar-refractivity contribution in [3.63, 3.8) is 0 Å². The van der Waals surface area contributed by atoms with Gasteiger partial charge in [0.2, 0.25) is 5.89 Å². The Morgan fingerprint density at radius 3 is 2.46 bits per heavy atom. The van der Waals surface area contributed by atoms with E-state index in [0.717, 1.165) is 20.9 Å². The fraction of sp³-hybridized carbons (Fsp3) is 0.235. The number of nitrogen functional groups attached to an aromatic ring is 1. The van der Waals surface area contributed by atoms with Crippen LogP contribution in [0.15, 0.2) is 43.5 Å². The van der Waals surface area contributed by atoms with Crippen LogP contribution >= 0.6 is 23.4 Å². The minimum absolute atomic E-state index is 0.158. The van der Waals surface area contributed by atoms with Crippen LogP contribution in [-0.2, 0) is 14.1 Å². The Kier molecular flexibility index (Phi) is 5.43. The van der Waals surface area contributed by atoms with Crippen molar-refractivity contribution in [3.8, 4) is 11.5 Å². The van der Waals surface area contributed by atoms with Crippen molar-refractivity contribution in [2.75, 3.05) is 5.73 Å². The Hall–Kier alpha value is -2.85. The summed E-state index contributed by atoms with van der Waals surface area (Å²) >= 11 is 6.85. The Morgan fingerprint density at radius 2 is 1.82 bits per heavy atom. The van der Waals surface area contributed by atoms with Crippen molar-refractivity contribution in [1.29, 1.82) is 0 Å². The second-order valence-corrected chi connectivity index (χ2v) is 7.70. The first kappa shape index (κ1) is 19.9. The maximum atomic E-state index is 12.8. The van der Waals surface area contributed by atoms with Crippen molar-refractivity contribution < 1.29 is 9.21 Å². The van der Waals surface area contributed by atoms with E-state index in [9.17, 15) is 14.4 Å². The second kappa shape index (κ2) is 7.64. The summed E-state index contributed by atoms with van der Waals surface area (Å²) in [5.41, 5.74) is 4.91. The molecule has 0 fully saturated rings. The Bertz CT molecular complexity index is 1170. The summed E-state index contributed by atoms with van der Waals surface area (Å²) in [6.45, 7) is 1.59. The number of aromatic nitrogens is 4. The standard InChI is InChI=1S/C17H16ClN5O4S/c1-8(12(24)11-13(19)22(2)17(26)23(3)15(11)25)28-16-21-20-14(27-16)9-4-6-10(18)7-5-9/h4-8H,19H2,1-3H3. The Balaban J connectivity index is 1.86. The first-order chi connectivity index (χ1) is 13.2. The molecular formula is C17H16ClN5O4S. The molecule has 2 heterocycles. The van der Waals surface area contributed by atoms with Crippen molar-refractivity contribution in [1.82, 2.24) is 19.3 Å². The zero-order valence-corrected chi connectivity index (χ0v) is 16.7. The van der Waals surface area contributed by atoms with E-state index in [0.29, 0.717) is 10.6 Å². The topological polar surface area (TPSA) is 126 Å². The van der Waals surface area contributed by atoms with E-state index >= 15 is 0 Å². The van der Waals surface area contributed by atoms with Gasteiger partial charge in [0, 0.05) is 24.7 Å².